The molecule has 2 N–H and O–H groups in total. The first-order chi connectivity index (χ1) is 11.3. The minimum Gasteiger partial charge on any atom is -0.357 e. The first kappa shape index (κ1) is 20.7. The maximum atomic E-state index is 12.6. The number of carbonyl (C=O) groups is 1. The summed E-state index contributed by atoms with van der Waals surface area (Å²) in [7, 11) is 0.562. The van der Waals surface area contributed by atoms with Crippen molar-refractivity contribution in [3.63, 3.8) is 0 Å². The Kier molecular flexibility index (Phi) is 7.99. The van der Waals surface area contributed by atoms with Crippen molar-refractivity contribution in [3.05, 3.63) is 0 Å². The van der Waals surface area contributed by atoms with Crippen LogP contribution in [0.2, 0.25) is 0 Å². The highest BCUT2D eigenvalue weighted by molar-refractivity contribution is 7.91. The van der Waals surface area contributed by atoms with E-state index in [9.17, 15) is 13.2 Å². The molecule has 0 heterocycles. The van der Waals surface area contributed by atoms with Gasteiger partial charge in [0.05, 0.1) is 17.7 Å². The van der Waals surface area contributed by atoms with E-state index in [1.807, 2.05) is 6.92 Å². The Morgan fingerprint density at radius 3 is 2.29 bits per heavy atom. The summed E-state index contributed by atoms with van der Waals surface area (Å²) in [6, 6.07) is 0. The minimum absolute atomic E-state index is 0.0791. The van der Waals surface area contributed by atoms with Crippen LogP contribution in [-0.2, 0) is 14.6 Å². The molecule has 0 atom stereocenters. The second-order valence-corrected chi connectivity index (χ2v) is 9.02. The van der Waals surface area contributed by atoms with Crippen molar-refractivity contribution in [3.8, 4) is 0 Å². The Labute approximate surface area is 146 Å². The largest absolute Gasteiger partial charge is 0.357 e. The zero-order chi connectivity index (χ0) is 18.2. The number of nitrogens with one attached hydrogen (secondary N) is 2. The summed E-state index contributed by atoms with van der Waals surface area (Å²) in [5, 5.41) is 6.17. The molecule has 1 rings (SSSR count). The normalized spacial score (nSPS) is 17.6. The molecule has 1 amide bonds. The van der Waals surface area contributed by atoms with Crippen LogP contribution in [0.5, 0.6) is 0 Å². The van der Waals surface area contributed by atoms with E-state index >= 15 is 0 Å². The van der Waals surface area contributed by atoms with Gasteiger partial charge in [-0.2, -0.15) is 0 Å². The number of guanidine groups is 1. The number of rotatable bonds is 8. The summed E-state index contributed by atoms with van der Waals surface area (Å²) >= 11 is 0. The summed E-state index contributed by atoms with van der Waals surface area (Å²) in [5.41, 5.74) is -0.415. The quantitative estimate of drug-likeness (QED) is 0.489. The van der Waals surface area contributed by atoms with E-state index < -0.39 is 15.3 Å². The number of amides is 1. The molecule has 8 heteroatoms. The molecule has 0 radical (unpaired) electrons. The van der Waals surface area contributed by atoms with E-state index in [-0.39, 0.29) is 17.4 Å². The second-order valence-electron chi connectivity index (χ2n) is 6.55. The molecule has 1 fully saturated rings. The SMILES string of the molecule is CCNC(=NCC1(C(=O)N(C)C)CCCC1)NCCS(=O)(=O)CC. The topological polar surface area (TPSA) is 90.9 Å². The Balaban J connectivity index is 2.74. The molecule has 0 aliphatic heterocycles. The van der Waals surface area contributed by atoms with Crippen LogP contribution in [0.3, 0.4) is 0 Å². The van der Waals surface area contributed by atoms with Gasteiger partial charge in [-0.3, -0.25) is 9.79 Å². The maximum absolute atomic E-state index is 12.6. The average Bonchev–Trinajstić information content (AvgIpc) is 3.01. The van der Waals surface area contributed by atoms with Gasteiger partial charge in [0.15, 0.2) is 15.8 Å². The summed E-state index contributed by atoms with van der Waals surface area (Å²) in [6.07, 6.45) is 3.82. The lowest BCUT2D eigenvalue weighted by molar-refractivity contribution is -0.138. The molecule has 0 spiro atoms. The van der Waals surface area contributed by atoms with Crippen molar-refractivity contribution < 1.29 is 13.2 Å². The van der Waals surface area contributed by atoms with Crippen LogP contribution in [0.1, 0.15) is 39.5 Å². The van der Waals surface area contributed by atoms with Gasteiger partial charge in [0.25, 0.3) is 0 Å². The molecule has 24 heavy (non-hydrogen) atoms. The lowest BCUT2D eigenvalue weighted by atomic mass is 9.85. The molecule has 1 aliphatic rings. The molecule has 1 aliphatic carbocycles. The summed E-state index contributed by atoms with van der Waals surface area (Å²) < 4.78 is 23.1. The second kappa shape index (κ2) is 9.25. The van der Waals surface area contributed by atoms with Gasteiger partial charge in [0.2, 0.25) is 5.91 Å². The molecule has 0 bridgehead atoms. The third-order valence-corrected chi connectivity index (χ3v) is 6.16. The van der Waals surface area contributed by atoms with Crippen LogP contribution >= 0.6 is 0 Å². The number of carbonyl (C=O) groups excluding carboxylic acids is 1. The Bertz CT molecular complexity index is 538. The number of hydrogen-bond acceptors (Lipinski definition) is 4. The highest BCUT2D eigenvalue weighted by atomic mass is 32.2. The Morgan fingerprint density at radius 1 is 1.17 bits per heavy atom. The fraction of sp³-hybridized carbons (Fsp3) is 0.875. The molecule has 0 saturated heterocycles. The summed E-state index contributed by atoms with van der Waals surface area (Å²) in [6.45, 7) is 5.03. The van der Waals surface area contributed by atoms with E-state index in [4.69, 9.17) is 0 Å². The van der Waals surface area contributed by atoms with Gasteiger partial charge in [-0.1, -0.05) is 19.8 Å². The fourth-order valence-corrected chi connectivity index (χ4v) is 3.71. The number of nitrogens with zero attached hydrogens (tertiary/aromatic N) is 2. The van der Waals surface area contributed by atoms with Crippen LogP contribution in [-0.4, -0.2) is 70.4 Å². The van der Waals surface area contributed by atoms with Gasteiger partial charge < -0.3 is 15.5 Å². The van der Waals surface area contributed by atoms with Crippen molar-refractivity contribution >= 4 is 21.7 Å². The molecule has 140 valence electrons. The van der Waals surface area contributed by atoms with Crippen molar-refractivity contribution in [1.29, 1.82) is 0 Å². The lowest BCUT2D eigenvalue weighted by Gasteiger charge is -2.29. The van der Waals surface area contributed by atoms with E-state index in [0.29, 0.717) is 25.6 Å². The predicted molar refractivity (Wildman–Crippen MR) is 97.9 cm³/mol. The summed E-state index contributed by atoms with van der Waals surface area (Å²) in [4.78, 5) is 18.8. The third-order valence-electron chi connectivity index (χ3n) is 4.45. The average molecular weight is 361 g/mol. The van der Waals surface area contributed by atoms with Gasteiger partial charge in [-0.25, -0.2) is 8.42 Å². The summed E-state index contributed by atoms with van der Waals surface area (Å²) in [5.74, 6) is 0.924. The van der Waals surface area contributed by atoms with Gasteiger partial charge in [-0.05, 0) is 19.8 Å². The minimum atomic E-state index is -3.00. The van der Waals surface area contributed by atoms with E-state index in [1.54, 1.807) is 25.9 Å². The molecule has 7 nitrogen and oxygen atoms in total. The fourth-order valence-electron chi connectivity index (χ4n) is 3.01. The Hall–Kier alpha value is -1.31. The molecule has 0 unspecified atom stereocenters. The van der Waals surface area contributed by atoms with E-state index in [2.05, 4.69) is 15.6 Å². The highest BCUT2D eigenvalue weighted by Crippen LogP contribution is 2.39. The maximum Gasteiger partial charge on any atom is 0.230 e. The van der Waals surface area contributed by atoms with Gasteiger partial charge in [-0.15, -0.1) is 0 Å². The molecular weight excluding hydrogens is 328 g/mol. The number of aliphatic imine (C=N–C) groups is 1. The smallest absolute Gasteiger partial charge is 0.230 e. The molecule has 1 saturated carbocycles. The molecule has 0 aromatic carbocycles. The van der Waals surface area contributed by atoms with E-state index in [0.717, 1.165) is 25.7 Å². The first-order valence-corrected chi connectivity index (χ1v) is 10.5. The van der Waals surface area contributed by atoms with Crippen LogP contribution in [0, 0.1) is 5.41 Å². The van der Waals surface area contributed by atoms with Crippen molar-refractivity contribution in [1.82, 2.24) is 15.5 Å². The van der Waals surface area contributed by atoms with Gasteiger partial charge in [0, 0.05) is 32.9 Å². The van der Waals surface area contributed by atoms with Crippen LogP contribution in [0.15, 0.2) is 4.99 Å². The standard InChI is InChI=1S/C16H32N4O3S/c1-5-17-15(18-11-12-24(22,23)6-2)19-13-16(9-7-8-10-16)14(21)20(3)4/h5-13H2,1-4H3,(H2,17,18,19). The Morgan fingerprint density at radius 2 is 1.79 bits per heavy atom. The van der Waals surface area contributed by atoms with Crippen LogP contribution < -0.4 is 10.6 Å². The van der Waals surface area contributed by atoms with Crippen molar-refractivity contribution in [2.45, 2.75) is 39.5 Å². The predicted octanol–water partition coefficient (Wildman–Crippen LogP) is 0.625. The number of hydrogen-bond donors (Lipinski definition) is 2. The zero-order valence-electron chi connectivity index (χ0n) is 15.4. The van der Waals surface area contributed by atoms with Crippen LogP contribution in [0.25, 0.3) is 0 Å². The third kappa shape index (κ3) is 5.96. The molecular formula is C16H32N4O3S. The zero-order valence-corrected chi connectivity index (χ0v) is 16.2. The molecule has 0 aromatic rings. The lowest BCUT2D eigenvalue weighted by Crippen LogP contribution is -2.43. The highest BCUT2D eigenvalue weighted by Gasteiger charge is 2.42. The van der Waals surface area contributed by atoms with Crippen molar-refractivity contribution in [2.24, 2.45) is 10.4 Å². The van der Waals surface area contributed by atoms with Crippen molar-refractivity contribution in [2.75, 3.05) is 45.2 Å². The molecule has 0 aromatic heterocycles. The van der Waals surface area contributed by atoms with Crippen LogP contribution in [0.4, 0.5) is 0 Å². The monoisotopic (exact) mass is 360 g/mol. The van der Waals surface area contributed by atoms with Gasteiger partial charge in [0.1, 0.15) is 0 Å². The van der Waals surface area contributed by atoms with E-state index in [1.165, 1.54) is 0 Å². The first-order valence-electron chi connectivity index (χ1n) is 8.70. The number of sulfone groups is 1. The van der Waals surface area contributed by atoms with Gasteiger partial charge >= 0.3 is 0 Å².